The molecule has 0 aromatic rings. The first-order valence-electron chi connectivity index (χ1n) is 15.8. The molecule has 6 nitrogen and oxygen atoms in total. The van der Waals surface area contributed by atoms with Crippen molar-refractivity contribution in [3.8, 4) is 0 Å². The van der Waals surface area contributed by atoms with E-state index in [0.29, 0.717) is 42.4 Å². The van der Waals surface area contributed by atoms with E-state index < -0.39 is 5.60 Å². The van der Waals surface area contributed by atoms with Crippen molar-refractivity contribution < 1.29 is 23.9 Å². The molecule has 0 amide bonds. The molecular weight excluding hydrogens is 502 g/mol. The Morgan fingerprint density at radius 2 is 1.62 bits per heavy atom. The summed E-state index contributed by atoms with van der Waals surface area (Å²) in [6, 6.07) is 0. The number of hydrogen-bond donors (Lipinski definition) is 0. The first-order chi connectivity index (χ1) is 18.8. The topological polar surface area (TPSA) is 72.9 Å². The van der Waals surface area contributed by atoms with Gasteiger partial charge in [0.15, 0.2) is 11.4 Å². The molecule has 1 saturated heterocycles. The highest BCUT2D eigenvalue weighted by atomic mass is 16.6. The van der Waals surface area contributed by atoms with E-state index in [2.05, 4.69) is 51.7 Å². The Bertz CT molecular complexity index is 1100. The molecule has 4 aliphatic carbocycles. The van der Waals surface area contributed by atoms with Gasteiger partial charge in [-0.25, -0.2) is 0 Å². The standard InChI is InChI=1S/C34H51NO5/c1-21-16-22(2)20-35(19-21)15-11-31(38)39-26-8-12-32(6)28-9-13-33(7)29(27(28)17-23(3)30(32)18-26)10-14-34(33,24(4)36)40-25(5)37/h17-18,21-22,26-29H,8-16,19-20H2,1-7H3/t21-,22+,26-,27-,28+,29-,32-,33+,34+/m1/s1. The molecule has 0 bridgehead atoms. The van der Waals surface area contributed by atoms with E-state index in [0.717, 1.165) is 51.7 Å². The fourth-order valence-electron chi connectivity index (χ4n) is 10.2. The van der Waals surface area contributed by atoms with Gasteiger partial charge in [-0.15, -0.1) is 0 Å². The maximum Gasteiger partial charge on any atom is 0.307 e. The molecular formula is C34H51NO5. The van der Waals surface area contributed by atoms with Gasteiger partial charge in [-0.1, -0.05) is 39.3 Å². The van der Waals surface area contributed by atoms with Gasteiger partial charge >= 0.3 is 11.9 Å². The summed E-state index contributed by atoms with van der Waals surface area (Å²) in [7, 11) is 0. The molecule has 222 valence electrons. The minimum Gasteiger partial charge on any atom is -0.458 e. The van der Waals surface area contributed by atoms with Crippen LogP contribution >= 0.6 is 0 Å². The Morgan fingerprint density at radius 3 is 2.27 bits per heavy atom. The van der Waals surface area contributed by atoms with Crippen LogP contribution in [0.5, 0.6) is 0 Å². The summed E-state index contributed by atoms with van der Waals surface area (Å²) < 4.78 is 12.0. The molecule has 0 aromatic heterocycles. The van der Waals surface area contributed by atoms with Crippen LogP contribution in [-0.4, -0.2) is 54.0 Å². The van der Waals surface area contributed by atoms with Crippen LogP contribution in [0.2, 0.25) is 0 Å². The Morgan fingerprint density at radius 1 is 0.950 bits per heavy atom. The minimum absolute atomic E-state index is 0.0129. The fourth-order valence-corrected chi connectivity index (χ4v) is 10.2. The third-order valence-electron chi connectivity index (χ3n) is 11.8. The lowest BCUT2D eigenvalue weighted by Gasteiger charge is -2.58. The number of esters is 2. The highest BCUT2D eigenvalue weighted by Gasteiger charge is 2.67. The molecule has 40 heavy (non-hydrogen) atoms. The number of carbonyl (C=O) groups excluding carboxylic acids is 3. The quantitative estimate of drug-likeness (QED) is 0.360. The van der Waals surface area contributed by atoms with Crippen molar-refractivity contribution in [1.82, 2.24) is 4.90 Å². The van der Waals surface area contributed by atoms with Crippen molar-refractivity contribution in [3.05, 3.63) is 23.3 Å². The van der Waals surface area contributed by atoms with Gasteiger partial charge in [0, 0.05) is 32.0 Å². The number of likely N-dealkylation sites (tertiary alicyclic amines) is 1. The van der Waals surface area contributed by atoms with Gasteiger partial charge in [-0.2, -0.15) is 0 Å². The number of Topliss-reactive ketones (excluding diaryl/α,β-unsaturated/α-hetero) is 1. The largest absolute Gasteiger partial charge is 0.458 e. The number of rotatable bonds is 6. The van der Waals surface area contributed by atoms with Crippen LogP contribution in [0.25, 0.3) is 0 Å². The van der Waals surface area contributed by atoms with E-state index in [9.17, 15) is 14.4 Å². The molecule has 1 heterocycles. The molecule has 3 fully saturated rings. The lowest BCUT2D eigenvalue weighted by molar-refractivity contribution is -0.185. The summed E-state index contributed by atoms with van der Waals surface area (Å²) in [5, 5.41) is 0. The van der Waals surface area contributed by atoms with Crippen LogP contribution in [0, 0.1) is 40.4 Å². The second-order valence-corrected chi connectivity index (χ2v) is 14.6. The van der Waals surface area contributed by atoms with Crippen molar-refractivity contribution in [1.29, 1.82) is 0 Å². The molecule has 5 aliphatic rings. The van der Waals surface area contributed by atoms with Gasteiger partial charge in [-0.3, -0.25) is 14.4 Å². The number of hydrogen-bond acceptors (Lipinski definition) is 6. The SMILES string of the molecule is CC(=O)O[C@]1(C(C)=O)CC[C@@H]2[C@@H]3C=C(C)C4=C[C@H](OC(=O)CCN5C[C@H](C)C[C@H](C)C5)CC[C@]4(C)[C@H]3CC[C@@]21C. The summed E-state index contributed by atoms with van der Waals surface area (Å²) in [4.78, 5) is 40.4. The molecule has 0 N–H and O–H groups in total. The Kier molecular flexibility index (Phi) is 7.91. The Labute approximate surface area is 241 Å². The molecule has 0 spiro atoms. The second-order valence-electron chi connectivity index (χ2n) is 14.6. The van der Waals surface area contributed by atoms with Crippen molar-refractivity contribution in [2.75, 3.05) is 19.6 Å². The van der Waals surface area contributed by atoms with Crippen molar-refractivity contribution >= 4 is 17.7 Å². The molecule has 6 heteroatoms. The zero-order valence-electron chi connectivity index (χ0n) is 25.9. The van der Waals surface area contributed by atoms with E-state index in [1.165, 1.54) is 24.5 Å². The summed E-state index contributed by atoms with van der Waals surface area (Å²) in [5.41, 5.74) is 1.28. The van der Waals surface area contributed by atoms with E-state index in [1.54, 1.807) is 6.92 Å². The second kappa shape index (κ2) is 10.7. The van der Waals surface area contributed by atoms with Crippen LogP contribution in [0.15, 0.2) is 23.3 Å². The number of ketones is 1. The maximum atomic E-state index is 13.0. The number of allylic oxidation sites excluding steroid dienone is 3. The summed E-state index contributed by atoms with van der Waals surface area (Å²) in [5.74, 6) is 2.04. The maximum absolute atomic E-state index is 13.0. The van der Waals surface area contributed by atoms with Gasteiger partial charge in [0.1, 0.15) is 6.10 Å². The predicted molar refractivity (Wildman–Crippen MR) is 155 cm³/mol. The Hall–Kier alpha value is -1.95. The van der Waals surface area contributed by atoms with Crippen molar-refractivity contribution in [2.24, 2.45) is 40.4 Å². The van der Waals surface area contributed by atoms with E-state index >= 15 is 0 Å². The predicted octanol–water partition coefficient (Wildman–Crippen LogP) is 6.29. The van der Waals surface area contributed by atoms with Crippen molar-refractivity contribution in [3.63, 3.8) is 0 Å². The van der Waals surface area contributed by atoms with Crippen LogP contribution in [0.3, 0.4) is 0 Å². The Balaban J connectivity index is 1.31. The fraction of sp³-hybridized carbons (Fsp3) is 0.794. The van der Waals surface area contributed by atoms with Crippen LogP contribution in [0.4, 0.5) is 0 Å². The summed E-state index contributed by atoms with van der Waals surface area (Å²) in [6.07, 6.45) is 11.5. The molecule has 1 aliphatic heterocycles. The third kappa shape index (κ3) is 4.90. The van der Waals surface area contributed by atoms with E-state index in [1.807, 2.05) is 0 Å². The van der Waals surface area contributed by atoms with E-state index in [-0.39, 0.29) is 34.7 Å². The number of piperidine rings is 1. The molecule has 9 atom stereocenters. The number of carbonyl (C=O) groups is 3. The van der Waals surface area contributed by atoms with Crippen LogP contribution in [0.1, 0.15) is 99.8 Å². The van der Waals surface area contributed by atoms with E-state index in [4.69, 9.17) is 9.47 Å². The zero-order chi connectivity index (χ0) is 29.0. The van der Waals surface area contributed by atoms with Crippen LogP contribution in [-0.2, 0) is 23.9 Å². The first kappa shape index (κ1) is 29.5. The average molecular weight is 554 g/mol. The monoisotopic (exact) mass is 553 g/mol. The lowest BCUT2D eigenvalue weighted by Crippen LogP contribution is -2.58. The molecule has 0 unspecified atom stereocenters. The van der Waals surface area contributed by atoms with Gasteiger partial charge in [0.05, 0.1) is 6.42 Å². The lowest BCUT2D eigenvalue weighted by atomic mass is 9.47. The number of fused-ring (bicyclic) bond motifs is 5. The average Bonchev–Trinajstić information content (AvgIpc) is 3.16. The van der Waals surface area contributed by atoms with Gasteiger partial charge in [-0.05, 0) is 105 Å². The molecule has 0 aromatic carbocycles. The number of ether oxygens (including phenoxy) is 2. The van der Waals surface area contributed by atoms with Gasteiger partial charge in [0.2, 0.25) is 0 Å². The molecule has 5 rings (SSSR count). The minimum atomic E-state index is -1.01. The summed E-state index contributed by atoms with van der Waals surface area (Å²) >= 11 is 0. The molecule has 2 saturated carbocycles. The van der Waals surface area contributed by atoms with Crippen molar-refractivity contribution in [2.45, 2.75) is 112 Å². The summed E-state index contributed by atoms with van der Waals surface area (Å²) in [6.45, 7) is 17.4. The third-order valence-corrected chi connectivity index (χ3v) is 11.8. The normalized spacial score (nSPS) is 43.0. The van der Waals surface area contributed by atoms with Gasteiger partial charge in [0.25, 0.3) is 0 Å². The first-order valence-corrected chi connectivity index (χ1v) is 15.8. The number of nitrogens with zero attached hydrogens (tertiary/aromatic N) is 1. The van der Waals surface area contributed by atoms with Gasteiger partial charge < -0.3 is 14.4 Å². The molecule has 0 radical (unpaired) electrons. The highest BCUT2D eigenvalue weighted by Crippen LogP contribution is 2.68. The zero-order valence-corrected chi connectivity index (χ0v) is 25.9. The smallest absolute Gasteiger partial charge is 0.307 e. The van der Waals surface area contributed by atoms with Crippen LogP contribution < -0.4 is 0 Å². The highest BCUT2D eigenvalue weighted by molar-refractivity contribution is 5.89.